The molecule has 0 aromatic heterocycles. The van der Waals surface area contributed by atoms with Crippen molar-refractivity contribution >= 4 is 31.3 Å². The summed E-state index contributed by atoms with van der Waals surface area (Å²) in [6.07, 6.45) is 0. The molecule has 0 aliphatic heterocycles. The first-order chi connectivity index (χ1) is 10.6. The van der Waals surface area contributed by atoms with Crippen LogP contribution in [0.2, 0.25) is 0 Å². The number of nitrogens with one attached hydrogen (secondary N) is 1. The van der Waals surface area contributed by atoms with E-state index in [1.807, 2.05) is 5.32 Å². The lowest BCUT2D eigenvalue weighted by Crippen LogP contribution is -2.14. The van der Waals surface area contributed by atoms with E-state index in [0.29, 0.717) is 18.2 Å². The van der Waals surface area contributed by atoms with E-state index in [1.54, 1.807) is 0 Å². The number of rotatable bonds is 3. The van der Waals surface area contributed by atoms with E-state index in [0.717, 1.165) is 6.07 Å². The van der Waals surface area contributed by atoms with Crippen molar-refractivity contribution < 1.29 is 30.8 Å². The minimum atomic E-state index is -4.45. The van der Waals surface area contributed by atoms with Gasteiger partial charge >= 0.3 is 0 Å². The van der Waals surface area contributed by atoms with Gasteiger partial charge in [-0.05, 0) is 18.2 Å². The highest BCUT2D eigenvalue weighted by Gasteiger charge is 2.20. The smallest absolute Gasteiger partial charge is 0.264 e. The number of carbonyl (C=O) groups excluding carboxylic acids is 1. The summed E-state index contributed by atoms with van der Waals surface area (Å²) in [4.78, 5) is 11.0. The van der Waals surface area contributed by atoms with Gasteiger partial charge in [-0.1, -0.05) is 0 Å². The van der Waals surface area contributed by atoms with Crippen LogP contribution in [0.5, 0.6) is 0 Å². The Balaban J connectivity index is 2.37. The van der Waals surface area contributed by atoms with Crippen molar-refractivity contribution in [2.75, 3.05) is 5.32 Å². The van der Waals surface area contributed by atoms with Crippen molar-refractivity contribution in [2.45, 2.75) is 4.90 Å². The number of benzene rings is 2. The van der Waals surface area contributed by atoms with E-state index in [4.69, 9.17) is 10.7 Å². The van der Waals surface area contributed by atoms with E-state index in [-0.39, 0.29) is 11.6 Å². The van der Waals surface area contributed by atoms with Gasteiger partial charge in [0, 0.05) is 28.4 Å². The highest BCUT2D eigenvalue weighted by atomic mass is 35.7. The first-order valence-corrected chi connectivity index (χ1v) is 8.10. The maximum absolute atomic E-state index is 13.4. The molecule has 0 radical (unpaired) electrons. The summed E-state index contributed by atoms with van der Waals surface area (Å²) in [5, 5.41) is 1.91. The van der Waals surface area contributed by atoms with Crippen LogP contribution >= 0.6 is 10.7 Å². The molecule has 0 aliphatic rings. The van der Waals surface area contributed by atoms with E-state index in [2.05, 4.69) is 0 Å². The van der Waals surface area contributed by atoms with E-state index in [1.165, 1.54) is 0 Å². The summed E-state index contributed by atoms with van der Waals surface area (Å²) < 4.78 is 75.0. The van der Waals surface area contributed by atoms with Gasteiger partial charge in [0.2, 0.25) is 0 Å². The molecule has 0 unspecified atom stereocenters. The van der Waals surface area contributed by atoms with Crippen molar-refractivity contribution in [2.24, 2.45) is 0 Å². The normalized spacial score (nSPS) is 11.3. The van der Waals surface area contributed by atoms with Crippen LogP contribution in [0.15, 0.2) is 35.2 Å². The fraction of sp³-hybridized carbons (Fsp3) is 0. The van der Waals surface area contributed by atoms with Gasteiger partial charge in [0.1, 0.15) is 16.5 Å². The third-order valence-corrected chi connectivity index (χ3v) is 4.05. The summed E-state index contributed by atoms with van der Waals surface area (Å²) in [5.41, 5.74) is -1.05. The molecule has 2 aromatic carbocycles. The highest BCUT2D eigenvalue weighted by Crippen LogP contribution is 2.22. The SMILES string of the molecule is O=C(Nc1cc(F)c(F)cc1F)c1ccc(F)c(S(=O)(=O)Cl)c1. The third kappa shape index (κ3) is 3.80. The maximum Gasteiger partial charge on any atom is 0.264 e. The zero-order valence-electron chi connectivity index (χ0n) is 10.9. The van der Waals surface area contributed by atoms with E-state index < -0.39 is 48.8 Å². The molecular weight excluding hydrogens is 362 g/mol. The Bertz CT molecular complexity index is 902. The molecule has 2 rings (SSSR count). The Hall–Kier alpha value is -2.13. The van der Waals surface area contributed by atoms with Gasteiger partial charge in [0.15, 0.2) is 11.6 Å². The summed E-state index contributed by atoms with van der Waals surface area (Å²) in [7, 11) is 0.564. The Labute approximate surface area is 132 Å². The molecule has 0 bridgehead atoms. The molecule has 2 aromatic rings. The molecule has 0 saturated heterocycles. The molecule has 4 nitrogen and oxygen atoms in total. The monoisotopic (exact) mass is 367 g/mol. The summed E-state index contributed by atoms with van der Waals surface area (Å²) in [6.45, 7) is 0. The van der Waals surface area contributed by atoms with Crippen molar-refractivity contribution in [1.82, 2.24) is 0 Å². The van der Waals surface area contributed by atoms with Crippen molar-refractivity contribution in [3.8, 4) is 0 Å². The number of anilines is 1. The molecule has 0 fully saturated rings. The second kappa shape index (κ2) is 6.17. The summed E-state index contributed by atoms with van der Waals surface area (Å²) in [5.74, 6) is -6.35. The standard InChI is InChI=1S/C13H6ClF4NO3S/c14-23(21,22)12-3-6(1-2-7(12)15)13(20)19-11-5-9(17)8(16)4-10(11)18/h1-5H,(H,19,20). The zero-order chi connectivity index (χ0) is 17.4. The van der Waals surface area contributed by atoms with Crippen LogP contribution in [0, 0.1) is 23.3 Å². The average Bonchev–Trinajstić information content (AvgIpc) is 2.43. The van der Waals surface area contributed by atoms with Crippen LogP contribution in [-0.4, -0.2) is 14.3 Å². The zero-order valence-corrected chi connectivity index (χ0v) is 12.5. The Morgan fingerprint density at radius 2 is 1.52 bits per heavy atom. The van der Waals surface area contributed by atoms with Crippen LogP contribution in [0.4, 0.5) is 23.2 Å². The lowest BCUT2D eigenvalue weighted by atomic mass is 10.2. The molecular formula is C13H6ClF4NO3S. The molecule has 122 valence electrons. The molecule has 0 saturated carbocycles. The number of hydrogen-bond donors (Lipinski definition) is 1. The van der Waals surface area contributed by atoms with Gasteiger partial charge in [-0.25, -0.2) is 26.0 Å². The molecule has 0 atom stereocenters. The number of hydrogen-bond acceptors (Lipinski definition) is 3. The molecule has 23 heavy (non-hydrogen) atoms. The lowest BCUT2D eigenvalue weighted by molar-refractivity contribution is 0.102. The van der Waals surface area contributed by atoms with Crippen LogP contribution < -0.4 is 5.32 Å². The minimum Gasteiger partial charge on any atom is -0.319 e. The van der Waals surface area contributed by atoms with Gasteiger partial charge in [-0.2, -0.15) is 0 Å². The quantitative estimate of drug-likeness (QED) is 0.513. The summed E-state index contributed by atoms with van der Waals surface area (Å²) >= 11 is 0. The van der Waals surface area contributed by atoms with Gasteiger partial charge < -0.3 is 5.32 Å². The second-order valence-electron chi connectivity index (χ2n) is 4.28. The highest BCUT2D eigenvalue weighted by molar-refractivity contribution is 8.13. The molecule has 1 N–H and O–H groups in total. The minimum absolute atomic E-state index is 0.226. The first kappa shape index (κ1) is 17.2. The average molecular weight is 368 g/mol. The molecule has 10 heteroatoms. The van der Waals surface area contributed by atoms with Gasteiger partial charge in [0.05, 0.1) is 5.69 Å². The number of halogens is 5. The van der Waals surface area contributed by atoms with Crippen molar-refractivity contribution in [3.05, 3.63) is 59.2 Å². The maximum atomic E-state index is 13.4. The van der Waals surface area contributed by atoms with Crippen LogP contribution in [0.1, 0.15) is 10.4 Å². The predicted octanol–water partition coefficient (Wildman–Crippen LogP) is 3.42. The van der Waals surface area contributed by atoms with Crippen molar-refractivity contribution in [3.63, 3.8) is 0 Å². The number of amides is 1. The fourth-order valence-electron chi connectivity index (χ4n) is 1.64. The van der Waals surface area contributed by atoms with Crippen molar-refractivity contribution in [1.29, 1.82) is 0 Å². The van der Waals surface area contributed by atoms with Crippen LogP contribution in [-0.2, 0) is 9.05 Å². The Kier molecular flexibility index (Phi) is 4.62. The van der Waals surface area contributed by atoms with E-state index in [9.17, 15) is 30.8 Å². The topological polar surface area (TPSA) is 63.2 Å². The Morgan fingerprint density at radius 3 is 2.13 bits per heavy atom. The van der Waals surface area contributed by atoms with Gasteiger partial charge in [0.25, 0.3) is 15.0 Å². The Morgan fingerprint density at radius 1 is 0.913 bits per heavy atom. The molecule has 0 aliphatic carbocycles. The third-order valence-electron chi connectivity index (χ3n) is 2.71. The van der Waals surface area contributed by atoms with Gasteiger partial charge in [-0.3, -0.25) is 4.79 Å². The molecule has 0 heterocycles. The lowest BCUT2D eigenvalue weighted by Gasteiger charge is -2.08. The summed E-state index contributed by atoms with van der Waals surface area (Å²) in [6, 6.07) is 2.85. The van der Waals surface area contributed by atoms with E-state index >= 15 is 0 Å². The molecule has 0 spiro atoms. The molecule has 1 amide bonds. The fourth-order valence-corrected chi connectivity index (χ4v) is 2.57. The number of carbonyl (C=O) groups is 1. The van der Waals surface area contributed by atoms with Crippen LogP contribution in [0.3, 0.4) is 0 Å². The predicted molar refractivity (Wildman–Crippen MR) is 73.7 cm³/mol. The first-order valence-electron chi connectivity index (χ1n) is 5.79. The van der Waals surface area contributed by atoms with Gasteiger partial charge in [-0.15, -0.1) is 0 Å². The van der Waals surface area contributed by atoms with Crippen LogP contribution in [0.25, 0.3) is 0 Å². The second-order valence-corrected chi connectivity index (χ2v) is 6.82. The largest absolute Gasteiger partial charge is 0.319 e.